The minimum absolute atomic E-state index is 0.0136. The van der Waals surface area contributed by atoms with E-state index in [4.69, 9.17) is 23.7 Å². The van der Waals surface area contributed by atoms with Crippen LogP contribution in [-0.2, 0) is 47.0 Å². The Hall–Kier alpha value is -3.61. The summed E-state index contributed by atoms with van der Waals surface area (Å²) >= 11 is 0. The van der Waals surface area contributed by atoms with Crippen molar-refractivity contribution < 1.29 is 36.9 Å². The van der Waals surface area contributed by atoms with Crippen molar-refractivity contribution in [3.63, 3.8) is 0 Å². The molecule has 0 N–H and O–H groups in total. The van der Waals surface area contributed by atoms with Crippen LogP contribution in [0.3, 0.4) is 0 Å². The van der Waals surface area contributed by atoms with Gasteiger partial charge in [-0.05, 0) is 94.8 Å². The molecule has 12 heteroatoms. The van der Waals surface area contributed by atoms with Gasteiger partial charge in [-0.1, -0.05) is 48.0 Å². The summed E-state index contributed by atoms with van der Waals surface area (Å²) in [5.74, 6) is 0.697. The van der Waals surface area contributed by atoms with Crippen LogP contribution in [0.15, 0.2) is 76.6 Å². The average molecular weight is 764 g/mol. The predicted octanol–water partition coefficient (Wildman–Crippen LogP) is 6.81. The van der Waals surface area contributed by atoms with Crippen molar-refractivity contribution in [2.75, 3.05) is 58.1 Å². The lowest BCUT2D eigenvalue weighted by atomic mass is 9.80. The Kier molecular flexibility index (Phi) is 14.9. The Balaban J connectivity index is 1.45. The SMILES string of the molecule is CCO[C@H](C)COCc1ccc([C@H]2C[C@H](CC(C)(C)N=C=O)N(S(=O)(=O)c3ccc(C)cc3)C[C@@H]2OCc2ccc3c(c2)N(CCCOC)CCO3)cc1. The van der Waals surface area contributed by atoms with E-state index in [1.54, 1.807) is 29.6 Å². The predicted molar refractivity (Wildman–Crippen MR) is 209 cm³/mol. The maximum Gasteiger partial charge on any atom is 0.243 e. The fourth-order valence-corrected chi connectivity index (χ4v) is 9.03. The molecule has 0 bridgehead atoms. The summed E-state index contributed by atoms with van der Waals surface area (Å²) in [6.45, 7) is 14.5. The molecule has 0 aliphatic carbocycles. The van der Waals surface area contributed by atoms with Gasteiger partial charge in [0.25, 0.3) is 0 Å². The van der Waals surface area contributed by atoms with Crippen LogP contribution in [0, 0.1) is 6.92 Å². The van der Waals surface area contributed by atoms with Gasteiger partial charge in [0.15, 0.2) is 0 Å². The van der Waals surface area contributed by atoms with Crippen LogP contribution >= 0.6 is 0 Å². The third kappa shape index (κ3) is 11.0. The second-order valence-electron chi connectivity index (χ2n) is 15.0. The third-order valence-corrected chi connectivity index (χ3v) is 12.1. The number of hydrogen-bond donors (Lipinski definition) is 0. The van der Waals surface area contributed by atoms with Crippen LogP contribution in [0.5, 0.6) is 5.75 Å². The summed E-state index contributed by atoms with van der Waals surface area (Å²) in [4.78, 5) is 18.0. The number of ether oxygens (including phenoxy) is 5. The number of aryl methyl sites for hydroxylation is 1. The summed E-state index contributed by atoms with van der Waals surface area (Å²) in [6, 6.07) is 20.9. The number of hydrogen-bond acceptors (Lipinski definition) is 10. The number of anilines is 1. The molecule has 54 heavy (non-hydrogen) atoms. The highest BCUT2D eigenvalue weighted by molar-refractivity contribution is 7.89. The topological polar surface area (TPSA) is 116 Å². The molecule has 2 heterocycles. The molecule has 11 nitrogen and oxygen atoms in total. The number of isocyanates is 1. The molecule has 0 spiro atoms. The number of nitrogens with zero attached hydrogens (tertiary/aromatic N) is 3. The maximum atomic E-state index is 14.5. The minimum atomic E-state index is -3.94. The average Bonchev–Trinajstić information content (AvgIpc) is 3.14. The van der Waals surface area contributed by atoms with E-state index in [2.05, 4.69) is 40.2 Å². The van der Waals surface area contributed by atoms with E-state index in [-0.39, 0.29) is 30.1 Å². The number of piperidine rings is 1. The summed E-state index contributed by atoms with van der Waals surface area (Å²) in [5.41, 5.74) is 4.21. The first-order valence-corrected chi connectivity index (χ1v) is 20.4. The second kappa shape index (κ2) is 19.3. The van der Waals surface area contributed by atoms with Crippen LogP contribution < -0.4 is 9.64 Å². The van der Waals surface area contributed by atoms with E-state index >= 15 is 0 Å². The van der Waals surface area contributed by atoms with Crippen LogP contribution in [0.2, 0.25) is 0 Å². The molecule has 0 radical (unpaired) electrons. The van der Waals surface area contributed by atoms with E-state index in [9.17, 15) is 13.2 Å². The van der Waals surface area contributed by atoms with Crippen LogP contribution in [0.1, 0.15) is 75.1 Å². The van der Waals surface area contributed by atoms with Crippen LogP contribution in [0.25, 0.3) is 0 Å². The van der Waals surface area contributed by atoms with Crippen molar-refractivity contribution in [2.24, 2.45) is 4.99 Å². The largest absolute Gasteiger partial charge is 0.490 e. The third-order valence-electron chi connectivity index (χ3n) is 10.2. The molecule has 4 atom stereocenters. The van der Waals surface area contributed by atoms with Crippen molar-refractivity contribution in [3.05, 3.63) is 89.0 Å². The van der Waals surface area contributed by atoms with Gasteiger partial charge in [0, 0.05) is 45.4 Å². The molecule has 2 aliphatic heterocycles. The zero-order valence-corrected chi connectivity index (χ0v) is 33.5. The Morgan fingerprint density at radius 1 is 1.04 bits per heavy atom. The number of rotatable bonds is 19. The normalized spacial score (nSPS) is 19.8. The smallest absolute Gasteiger partial charge is 0.243 e. The van der Waals surface area contributed by atoms with E-state index < -0.39 is 27.7 Å². The lowest BCUT2D eigenvalue weighted by Crippen LogP contribution is -2.53. The van der Waals surface area contributed by atoms with Gasteiger partial charge in [-0.15, -0.1) is 0 Å². The molecule has 0 amide bonds. The lowest BCUT2D eigenvalue weighted by molar-refractivity contribution is -0.0228. The van der Waals surface area contributed by atoms with Gasteiger partial charge in [0.2, 0.25) is 16.1 Å². The Labute approximate surface area is 321 Å². The minimum Gasteiger partial charge on any atom is -0.490 e. The summed E-state index contributed by atoms with van der Waals surface area (Å²) in [6.07, 6.45) is 2.95. The molecule has 0 unspecified atom stereocenters. The fraction of sp³-hybridized carbons (Fsp3) is 0.548. The van der Waals surface area contributed by atoms with Crippen molar-refractivity contribution in [3.8, 4) is 5.75 Å². The zero-order valence-electron chi connectivity index (χ0n) is 32.7. The molecule has 3 aromatic rings. The van der Waals surface area contributed by atoms with Gasteiger partial charge in [-0.2, -0.15) is 9.30 Å². The van der Waals surface area contributed by atoms with Crippen molar-refractivity contribution in [1.82, 2.24) is 4.31 Å². The van der Waals surface area contributed by atoms with Crippen LogP contribution in [0.4, 0.5) is 5.69 Å². The Bertz CT molecular complexity index is 1790. The first-order valence-electron chi connectivity index (χ1n) is 19.0. The van der Waals surface area contributed by atoms with Gasteiger partial charge in [0.1, 0.15) is 12.4 Å². The van der Waals surface area contributed by atoms with Gasteiger partial charge >= 0.3 is 0 Å². The van der Waals surface area contributed by atoms with Gasteiger partial charge in [-0.3, -0.25) is 0 Å². The number of benzene rings is 3. The number of fused-ring (bicyclic) bond motifs is 1. The van der Waals surface area contributed by atoms with E-state index in [1.807, 2.05) is 58.9 Å². The summed E-state index contributed by atoms with van der Waals surface area (Å²) < 4.78 is 60.1. The second-order valence-corrected chi connectivity index (χ2v) is 16.9. The molecule has 2 aliphatic rings. The number of carbonyl (C=O) groups excluding carboxylic acids is 1. The first kappa shape index (κ1) is 41.6. The highest BCUT2D eigenvalue weighted by atomic mass is 32.2. The fourth-order valence-electron chi connectivity index (χ4n) is 7.39. The molecule has 0 aromatic heterocycles. The lowest BCUT2D eigenvalue weighted by Gasteiger charge is -2.45. The van der Waals surface area contributed by atoms with E-state index in [1.165, 1.54) is 0 Å². The highest BCUT2D eigenvalue weighted by Gasteiger charge is 2.44. The molecular weight excluding hydrogens is 707 g/mol. The highest BCUT2D eigenvalue weighted by Crippen LogP contribution is 2.41. The molecule has 0 saturated carbocycles. The van der Waals surface area contributed by atoms with E-state index in [0.717, 1.165) is 53.2 Å². The van der Waals surface area contributed by atoms with Crippen LogP contribution in [-0.4, -0.2) is 95.8 Å². The van der Waals surface area contributed by atoms with Gasteiger partial charge < -0.3 is 28.6 Å². The number of methoxy groups -OCH3 is 1. The number of sulfonamides is 1. The van der Waals surface area contributed by atoms with Gasteiger partial charge in [0.05, 0.1) is 54.7 Å². The molecule has 1 saturated heterocycles. The monoisotopic (exact) mass is 763 g/mol. The van der Waals surface area contributed by atoms with Gasteiger partial charge in [-0.25, -0.2) is 13.2 Å². The molecule has 294 valence electrons. The zero-order chi connectivity index (χ0) is 38.7. The molecular formula is C42H57N3O8S. The van der Waals surface area contributed by atoms with Crippen molar-refractivity contribution >= 4 is 21.8 Å². The molecule has 3 aromatic carbocycles. The molecule has 1 fully saturated rings. The maximum absolute atomic E-state index is 14.5. The number of aliphatic imine (C=N–C) groups is 1. The van der Waals surface area contributed by atoms with E-state index in [0.29, 0.717) is 45.9 Å². The Morgan fingerprint density at radius 2 is 1.78 bits per heavy atom. The quantitative estimate of drug-likeness (QED) is 0.0738. The molecule has 5 rings (SSSR count). The first-order chi connectivity index (χ1) is 25.9. The standard InChI is InChI=1S/C42H57N3O8S/c1-7-51-32(3)27-50-28-33-11-14-35(15-12-33)38-24-36(25-42(4,5)43-30-46)45(54(47,48)37-16-9-31(2)10-17-37)26-41(38)53-29-34-13-18-40-39(23-34)44(20-22-52-40)19-8-21-49-6/h9-18,23,32,36,38,41H,7-8,19-22,24-29H2,1-6H3/t32-,36-,38-,41+/m1/s1. The summed E-state index contributed by atoms with van der Waals surface area (Å²) in [5, 5.41) is 0. The van der Waals surface area contributed by atoms with Crippen molar-refractivity contribution in [2.45, 2.75) is 102 Å². The Morgan fingerprint density at radius 3 is 2.48 bits per heavy atom. The van der Waals surface area contributed by atoms with Crippen molar-refractivity contribution in [1.29, 1.82) is 0 Å². The summed E-state index contributed by atoms with van der Waals surface area (Å²) in [7, 11) is -2.23.